The first-order valence-corrected chi connectivity index (χ1v) is 28.0. The quantitative estimate of drug-likeness (QED) is 0.0471. The van der Waals surface area contributed by atoms with Gasteiger partial charge in [0.1, 0.15) is 35.9 Å². The maximum Gasteiger partial charge on any atom is 0.263 e. The molecule has 4 fully saturated rings. The molecule has 2 aliphatic heterocycles. The topological polar surface area (TPSA) is 236 Å². The van der Waals surface area contributed by atoms with Crippen LogP contribution in [0, 0.1) is 19.3 Å². The normalized spacial score (nSPS) is 19.0. The minimum Gasteiger partial charge on any atom is -0.491 e. The highest BCUT2D eigenvalue weighted by atomic mass is 32.1. The van der Waals surface area contributed by atoms with E-state index in [1.807, 2.05) is 43.5 Å². The summed E-state index contributed by atoms with van der Waals surface area (Å²) in [7, 11) is 0. The van der Waals surface area contributed by atoms with E-state index in [0.717, 1.165) is 80.2 Å². The molecule has 4 aliphatic rings. The molecule has 4 aromatic heterocycles. The number of thiazole rings is 1. The van der Waals surface area contributed by atoms with E-state index < -0.39 is 47.0 Å². The number of fused-ring (bicyclic) bond motifs is 1. The minimum absolute atomic E-state index is 0.00713. The summed E-state index contributed by atoms with van der Waals surface area (Å²) < 4.78 is 34.4. The van der Waals surface area contributed by atoms with Crippen LogP contribution < -0.4 is 31.1 Å². The molecular formula is C56H72FN11O9S. The van der Waals surface area contributed by atoms with E-state index in [0.29, 0.717) is 66.1 Å². The lowest BCUT2D eigenvalue weighted by Crippen LogP contribution is -2.59. The highest BCUT2D eigenvalue weighted by Crippen LogP contribution is 2.41. The Labute approximate surface area is 457 Å². The summed E-state index contributed by atoms with van der Waals surface area (Å²) in [6.07, 6.45) is 6.58. The number of aliphatic hydroxyl groups excluding tert-OH is 1. The van der Waals surface area contributed by atoms with E-state index in [4.69, 9.17) is 19.2 Å². The van der Waals surface area contributed by atoms with Crippen molar-refractivity contribution in [1.29, 1.82) is 0 Å². The first-order chi connectivity index (χ1) is 37.4. The molecule has 22 heteroatoms. The fourth-order valence-electron chi connectivity index (χ4n) is 10.6. The number of nitrogens with zero attached hydrogens (tertiary/aromatic N) is 8. The predicted molar refractivity (Wildman–Crippen MR) is 294 cm³/mol. The van der Waals surface area contributed by atoms with Crippen LogP contribution in [0.1, 0.15) is 106 Å². The Kier molecular flexibility index (Phi) is 17.5. The summed E-state index contributed by atoms with van der Waals surface area (Å²) in [6.45, 7) is 16.5. The van der Waals surface area contributed by atoms with Crippen molar-refractivity contribution >= 4 is 63.3 Å². The fraction of sp³-hybridized carbons (Fsp3) is 0.554. The highest BCUT2D eigenvalue weighted by molar-refractivity contribution is 7.13. The van der Waals surface area contributed by atoms with Crippen LogP contribution in [0.3, 0.4) is 0 Å². The van der Waals surface area contributed by atoms with Gasteiger partial charge in [0, 0.05) is 75.4 Å². The van der Waals surface area contributed by atoms with E-state index >= 15 is 0 Å². The maximum absolute atomic E-state index is 14.7. The number of ether oxygens (including phenoxy) is 3. The molecule has 0 bridgehead atoms. The summed E-state index contributed by atoms with van der Waals surface area (Å²) >= 11 is 1.51. The maximum atomic E-state index is 14.7. The molecule has 0 unspecified atom stereocenters. The number of piperazine rings is 1. The van der Waals surface area contributed by atoms with Crippen LogP contribution in [0.2, 0.25) is 0 Å². The number of aliphatic hydroxyl groups is 1. The number of carbonyl (C=O) groups is 4. The van der Waals surface area contributed by atoms with Gasteiger partial charge in [-0.25, -0.2) is 19.3 Å². The van der Waals surface area contributed by atoms with Gasteiger partial charge >= 0.3 is 0 Å². The molecule has 2 aliphatic carbocycles. The number of hydrogen-bond acceptors (Lipinski definition) is 17. The number of rotatable bonds is 22. The number of pyridine rings is 2. The predicted octanol–water partition coefficient (Wildman–Crippen LogP) is 5.83. The minimum atomic E-state index is -1.98. The third-order valence-electron chi connectivity index (χ3n) is 15.3. The van der Waals surface area contributed by atoms with Gasteiger partial charge in [-0.1, -0.05) is 45.7 Å². The molecule has 4 N–H and O–H groups in total. The summed E-state index contributed by atoms with van der Waals surface area (Å²) in [4.78, 5) is 91.9. The van der Waals surface area contributed by atoms with Crippen molar-refractivity contribution in [2.75, 3.05) is 82.5 Å². The molecule has 2 saturated heterocycles. The molecule has 6 heterocycles. The van der Waals surface area contributed by atoms with Crippen molar-refractivity contribution in [2.45, 2.75) is 123 Å². The van der Waals surface area contributed by atoms with Crippen LogP contribution in [-0.4, -0.2) is 159 Å². The van der Waals surface area contributed by atoms with Gasteiger partial charge in [0.05, 0.1) is 66.1 Å². The second-order valence-electron chi connectivity index (χ2n) is 22.0. The monoisotopic (exact) mass is 1090 g/mol. The zero-order chi connectivity index (χ0) is 55.3. The summed E-state index contributed by atoms with van der Waals surface area (Å²) in [5.74, 6) is -0.655. The summed E-state index contributed by atoms with van der Waals surface area (Å²) in [5.41, 5.74) is 3.56. The number of alkyl halides is 1. The summed E-state index contributed by atoms with van der Waals surface area (Å²) in [6, 6.07) is 7.54. The third kappa shape index (κ3) is 13.0. The molecule has 1 aromatic carbocycles. The van der Waals surface area contributed by atoms with E-state index in [1.165, 1.54) is 23.2 Å². The molecule has 5 aromatic rings. The lowest BCUT2D eigenvalue weighted by Gasteiger charge is -2.35. The SMILES string of the molecule is CC(=O)c1c(C)c2cnc(Nc3ccc(N4CCN(CCOCCOCCOc5cc(-c6scnc6C)ccc5CNC(=O)[C@@H]5C[C@@H](O)CN5C(=O)[C@@H](NC(=O)C5(F)CC5)C(C)(C)C)CC4)cn3)nc2n(C2CCCC2)c1=O. The summed E-state index contributed by atoms with van der Waals surface area (Å²) in [5, 5.41) is 20.1. The average Bonchev–Trinajstić information content (AvgIpc) is 3.85. The van der Waals surface area contributed by atoms with Crippen molar-refractivity contribution in [3.05, 3.63) is 81.0 Å². The number of benzene rings is 1. The van der Waals surface area contributed by atoms with Crippen LogP contribution in [0.4, 0.5) is 21.8 Å². The second kappa shape index (κ2) is 24.3. The van der Waals surface area contributed by atoms with Crippen LogP contribution in [0.15, 0.2) is 53.0 Å². The number of aromatic nitrogens is 5. The van der Waals surface area contributed by atoms with Gasteiger partial charge in [0.25, 0.3) is 11.5 Å². The molecule has 2 saturated carbocycles. The Morgan fingerprint density at radius 3 is 2.33 bits per heavy atom. The first-order valence-electron chi connectivity index (χ1n) is 27.1. The lowest BCUT2D eigenvalue weighted by molar-refractivity contribution is -0.145. The van der Waals surface area contributed by atoms with Crippen molar-refractivity contribution in [1.82, 2.24) is 44.9 Å². The third-order valence-corrected chi connectivity index (χ3v) is 16.2. The average molecular weight is 1090 g/mol. The zero-order valence-corrected chi connectivity index (χ0v) is 46.3. The Balaban J connectivity index is 0.702. The van der Waals surface area contributed by atoms with Crippen LogP contribution in [0.5, 0.6) is 5.75 Å². The van der Waals surface area contributed by atoms with Crippen LogP contribution in [-0.2, 0) is 30.4 Å². The molecule has 0 spiro atoms. The van der Waals surface area contributed by atoms with Crippen molar-refractivity contribution in [2.24, 2.45) is 5.41 Å². The molecule has 3 atom stereocenters. The Morgan fingerprint density at radius 1 is 0.936 bits per heavy atom. The lowest BCUT2D eigenvalue weighted by atomic mass is 9.85. The number of Topliss-reactive ketones (excluding diaryl/α,β-unsaturated/α-hetero) is 1. The van der Waals surface area contributed by atoms with Gasteiger partial charge < -0.3 is 45.1 Å². The molecule has 3 amide bonds. The first kappa shape index (κ1) is 56.3. The Morgan fingerprint density at radius 2 is 1.67 bits per heavy atom. The van der Waals surface area contributed by atoms with Gasteiger partial charge in [-0.15, -0.1) is 11.3 Å². The number of nitrogens with one attached hydrogen (secondary N) is 3. The second-order valence-corrected chi connectivity index (χ2v) is 22.8. The number of halogens is 1. The molecule has 20 nitrogen and oxygen atoms in total. The van der Waals surface area contributed by atoms with Gasteiger partial charge in [0.2, 0.25) is 17.8 Å². The van der Waals surface area contributed by atoms with Crippen LogP contribution >= 0.6 is 11.3 Å². The zero-order valence-electron chi connectivity index (χ0n) is 45.4. The largest absolute Gasteiger partial charge is 0.491 e. The molecule has 9 rings (SSSR count). The number of aryl methyl sites for hydroxylation is 2. The fourth-order valence-corrected chi connectivity index (χ4v) is 11.4. The smallest absolute Gasteiger partial charge is 0.263 e. The van der Waals surface area contributed by atoms with Gasteiger partial charge in [-0.2, -0.15) is 4.98 Å². The number of likely N-dealkylation sites (tertiary alicyclic amines) is 1. The standard InChI is InChI=1S/C56H72FN11O9S/c1-34-42-31-60-54(64-49(42)68(39-9-7-8-10-39)51(72)46(34)36(3)69)62-45-14-13-40(30-58-45)66-19-17-65(18-20-66)21-22-75-23-24-76-25-26-77-44-27-37(47-35(2)61-33-78-47)11-12-38(44)29-59-50(71)43-28-41(70)32-67(43)52(73)48(55(4,5)6)63-53(74)56(57)15-16-56/h11-14,27,30-31,33,39,41,43,48,70H,7-10,15-26,28-29,32H2,1-6H3,(H,59,71)(H,63,74)(H,58,60,62,64)/t41-,43+,48-/m1/s1. The molecule has 78 heavy (non-hydrogen) atoms. The van der Waals surface area contributed by atoms with Crippen molar-refractivity contribution in [3.8, 4) is 16.2 Å². The molecule has 418 valence electrons. The molecule has 0 radical (unpaired) electrons. The number of amides is 3. The van der Waals surface area contributed by atoms with E-state index in [9.17, 15) is 33.5 Å². The van der Waals surface area contributed by atoms with Gasteiger partial charge in [-0.3, -0.25) is 33.4 Å². The van der Waals surface area contributed by atoms with Crippen molar-refractivity contribution in [3.63, 3.8) is 0 Å². The number of ketones is 1. The number of anilines is 3. The Hall–Kier alpha value is -6.46. The van der Waals surface area contributed by atoms with E-state index in [1.54, 1.807) is 44.0 Å². The van der Waals surface area contributed by atoms with Crippen LogP contribution in [0.25, 0.3) is 21.5 Å². The Bertz CT molecular complexity index is 3040. The van der Waals surface area contributed by atoms with Crippen molar-refractivity contribution < 1.29 is 42.9 Å². The van der Waals surface area contributed by atoms with E-state index in [-0.39, 0.29) is 61.9 Å². The number of hydrogen-bond donors (Lipinski definition) is 4. The highest BCUT2D eigenvalue weighted by Gasteiger charge is 2.53. The number of carbonyl (C=O) groups excluding carboxylic acids is 4. The van der Waals surface area contributed by atoms with Gasteiger partial charge in [-0.05, 0) is 81.2 Å². The van der Waals surface area contributed by atoms with E-state index in [2.05, 4.69) is 40.7 Å². The number of β-amino-alcohol motifs (C(OH)–C–C–N with tert-alkyl or cyclic N) is 1. The van der Waals surface area contributed by atoms with Gasteiger partial charge in [0.15, 0.2) is 11.5 Å². The molecular weight excluding hydrogens is 1020 g/mol.